The van der Waals surface area contributed by atoms with E-state index in [1.54, 1.807) is 22.9 Å². The van der Waals surface area contributed by atoms with Crippen LogP contribution in [0.25, 0.3) is 11.0 Å². The van der Waals surface area contributed by atoms with E-state index in [2.05, 4.69) is 0 Å². The van der Waals surface area contributed by atoms with Gasteiger partial charge >= 0.3 is 5.97 Å². The van der Waals surface area contributed by atoms with Crippen LogP contribution in [0.4, 0.5) is 0 Å². The molecule has 0 aliphatic carbocycles. The maximum Gasteiger partial charge on any atom is 0.317 e. The van der Waals surface area contributed by atoms with Crippen LogP contribution in [0.5, 0.6) is 0 Å². The normalized spacial score (nSPS) is 18.2. The number of fused-ring (bicyclic) bond motifs is 1. The van der Waals surface area contributed by atoms with Crippen LogP contribution >= 0.6 is 0 Å². The number of morpholine rings is 1. The molecule has 0 saturated carbocycles. The standard InChI is InChI=1S/C17H20N2O5/c1-18(11-16(20)21)9-13-10-19(6-7-23-13)17(22)15-8-12-4-2-3-5-14(12)24-15/h2-5,8,13H,6-7,9-11H2,1H3,(H,20,21). The molecule has 0 radical (unpaired) electrons. The lowest BCUT2D eigenvalue weighted by Gasteiger charge is -2.34. The van der Waals surface area contributed by atoms with Crippen LogP contribution in [0.1, 0.15) is 10.6 Å². The van der Waals surface area contributed by atoms with Gasteiger partial charge in [0.2, 0.25) is 0 Å². The van der Waals surface area contributed by atoms with Gasteiger partial charge in [-0.25, -0.2) is 0 Å². The van der Waals surface area contributed by atoms with E-state index in [0.29, 0.717) is 37.6 Å². The van der Waals surface area contributed by atoms with Crippen molar-refractivity contribution in [3.8, 4) is 0 Å². The molecule has 1 saturated heterocycles. The highest BCUT2D eigenvalue weighted by atomic mass is 16.5. The van der Waals surface area contributed by atoms with Gasteiger partial charge < -0.3 is 19.2 Å². The van der Waals surface area contributed by atoms with Crippen molar-refractivity contribution >= 4 is 22.8 Å². The minimum absolute atomic E-state index is 0.0582. The van der Waals surface area contributed by atoms with Gasteiger partial charge in [0, 0.05) is 25.0 Å². The van der Waals surface area contributed by atoms with Crippen molar-refractivity contribution in [2.45, 2.75) is 6.10 Å². The summed E-state index contributed by atoms with van der Waals surface area (Å²) in [5, 5.41) is 9.71. The molecule has 1 N–H and O–H groups in total. The van der Waals surface area contributed by atoms with Crippen LogP contribution < -0.4 is 0 Å². The largest absolute Gasteiger partial charge is 0.480 e. The van der Waals surface area contributed by atoms with Gasteiger partial charge in [-0.1, -0.05) is 18.2 Å². The summed E-state index contributed by atoms with van der Waals surface area (Å²) < 4.78 is 11.3. The molecule has 1 amide bonds. The van der Waals surface area contributed by atoms with Crippen molar-refractivity contribution in [1.82, 2.24) is 9.80 Å². The average Bonchev–Trinajstić information content (AvgIpc) is 2.97. The number of rotatable bonds is 5. The molecule has 1 aromatic carbocycles. The first-order chi connectivity index (χ1) is 11.5. The Morgan fingerprint density at radius 3 is 2.92 bits per heavy atom. The Kier molecular flexibility index (Phi) is 4.82. The van der Waals surface area contributed by atoms with Crippen LogP contribution in [-0.4, -0.2) is 72.7 Å². The van der Waals surface area contributed by atoms with Crippen LogP contribution in [0.3, 0.4) is 0 Å². The summed E-state index contributed by atoms with van der Waals surface area (Å²) in [6, 6.07) is 9.24. The predicted molar refractivity (Wildman–Crippen MR) is 87.0 cm³/mol. The maximum absolute atomic E-state index is 12.6. The lowest BCUT2D eigenvalue weighted by molar-refractivity contribution is -0.138. The number of amides is 1. The predicted octanol–water partition coefficient (Wildman–Crippen LogP) is 1.29. The van der Waals surface area contributed by atoms with Gasteiger partial charge in [0.05, 0.1) is 19.3 Å². The molecule has 1 aliphatic rings. The molecule has 3 rings (SSSR count). The highest BCUT2D eigenvalue weighted by Gasteiger charge is 2.28. The molecule has 0 bridgehead atoms. The van der Waals surface area contributed by atoms with E-state index in [1.165, 1.54) is 0 Å². The number of carbonyl (C=O) groups is 2. The number of carboxylic acids is 1. The fourth-order valence-electron chi connectivity index (χ4n) is 2.90. The smallest absolute Gasteiger partial charge is 0.317 e. The quantitative estimate of drug-likeness (QED) is 0.888. The van der Waals surface area contributed by atoms with Gasteiger partial charge in [-0.05, 0) is 19.2 Å². The third-order valence-electron chi connectivity index (χ3n) is 3.98. The molecular weight excluding hydrogens is 312 g/mol. The van der Waals surface area contributed by atoms with Gasteiger partial charge in [0.1, 0.15) is 5.58 Å². The first-order valence-corrected chi connectivity index (χ1v) is 7.82. The van der Waals surface area contributed by atoms with E-state index in [-0.39, 0.29) is 18.6 Å². The Balaban J connectivity index is 1.65. The number of para-hydroxylation sites is 1. The third kappa shape index (κ3) is 3.74. The molecule has 7 heteroatoms. The summed E-state index contributed by atoms with van der Waals surface area (Å²) in [5.41, 5.74) is 0.687. The molecular formula is C17H20N2O5. The number of likely N-dealkylation sites (N-methyl/N-ethyl adjacent to an activating group) is 1. The van der Waals surface area contributed by atoms with Crippen molar-refractivity contribution in [2.24, 2.45) is 0 Å². The van der Waals surface area contributed by atoms with Crippen molar-refractivity contribution in [1.29, 1.82) is 0 Å². The van der Waals surface area contributed by atoms with Gasteiger partial charge in [-0.3, -0.25) is 14.5 Å². The number of hydrogen-bond donors (Lipinski definition) is 1. The fourth-order valence-corrected chi connectivity index (χ4v) is 2.90. The van der Waals surface area contributed by atoms with Crippen LogP contribution in [0.15, 0.2) is 34.7 Å². The number of aliphatic carboxylic acids is 1. The summed E-state index contributed by atoms with van der Waals surface area (Å²) in [5.74, 6) is -0.736. The van der Waals surface area contributed by atoms with E-state index in [9.17, 15) is 9.59 Å². The zero-order valence-electron chi connectivity index (χ0n) is 13.5. The van der Waals surface area contributed by atoms with E-state index in [0.717, 1.165) is 5.39 Å². The zero-order chi connectivity index (χ0) is 17.1. The highest BCUT2D eigenvalue weighted by Crippen LogP contribution is 2.21. The zero-order valence-corrected chi connectivity index (χ0v) is 13.5. The van der Waals surface area contributed by atoms with E-state index < -0.39 is 5.97 Å². The molecule has 2 aromatic rings. The fraction of sp³-hybridized carbons (Fsp3) is 0.412. The molecule has 1 unspecified atom stereocenters. The van der Waals surface area contributed by atoms with Crippen molar-refractivity contribution in [2.75, 3.05) is 39.8 Å². The second kappa shape index (κ2) is 7.02. The monoisotopic (exact) mass is 332 g/mol. The molecule has 2 heterocycles. The molecule has 7 nitrogen and oxygen atoms in total. The van der Waals surface area contributed by atoms with Gasteiger partial charge in [-0.15, -0.1) is 0 Å². The summed E-state index contributed by atoms with van der Waals surface area (Å²) in [6.07, 6.45) is -0.212. The maximum atomic E-state index is 12.6. The SMILES string of the molecule is CN(CC(=O)O)CC1CN(C(=O)c2cc3ccccc3o2)CCO1. The summed E-state index contributed by atoms with van der Waals surface area (Å²) in [7, 11) is 1.72. The summed E-state index contributed by atoms with van der Waals surface area (Å²) in [6.45, 7) is 1.74. The second-order valence-corrected chi connectivity index (χ2v) is 5.98. The Morgan fingerprint density at radius 1 is 1.38 bits per heavy atom. The van der Waals surface area contributed by atoms with Crippen LogP contribution in [0.2, 0.25) is 0 Å². The van der Waals surface area contributed by atoms with E-state index in [1.807, 2.05) is 24.3 Å². The van der Waals surface area contributed by atoms with Gasteiger partial charge in [0.25, 0.3) is 5.91 Å². The first-order valence-electron chi connectivity index (χ1n) is 7.82. The van der Waals surface area contributed by atoms with Gasteiger partial charge in [0.15, 0.2) is 5.76 Å². The molecule has 0 spiro atoms. The van der Waals surface area contributed by atoms with Crippen LogP contribution in [0, 0.1) is 0 Å². The summed E-state index contributed by atoms with van der Waals surface area (Å²) >= 11 is 0. The number of carbonyl (C=O) groups excluding carboxylic acids is 1. The second-order valence-electron chi connectivity index (χ2n) is 5.98. The molecule has 24 heavy (non-hydrogen) atoms. The Morgan fingerprint density at radius 2 is 2.17 bits per heavy atom. The molecule has 1 fully saturated rings. The topological polar surface area (TPSA) is 83.2 Å². The minimum Gasteiger partial charge on any atom is -0.480 e. The number of hydrogen-bond acceptors (Lipinski definition) is 5. The molecule has 1 aliphatic heterocycles. The molecule has 1 atom stereocenters. The lowest BCUT2D eigenvalue weighted by atomic mass is 10.2. The number of nitrogens with zero attached hydrogens (tertiary/aromatic N) is 2. The lowest BCUT2D eigenvalue weighted by Crippen LogP contribution is -2.49. The Hall–Kier alpha value is -2.38. The average molecular weight is 332 g/mol. The Bertz CT molecular complexity index is 708. The first kappa shape index (κ1) is 16.5. The molecule has 128 valence electrons. The van der Waals surface area contributed by atoms with Crippen LogP contribution in [-0.2, 0) is 9.53 Å². The highest BCUT2D eigenvalue weighted by molar-refractivity contribution is 5.96. The minimum atomic E-state index is -0.886. The van der Waals surface area contributed by atoms with Gasteiger partial charge in [-0.2, -0.15) is 0 Å². The molecule has 1 aromatic heterocycles. The third-order valence-corrected chi connectivity index (χ3v) is 3.98. The number of ether oxygens (including phenoxy) is 1. The van der Waals surface area contributed by atoms with Crippen molar-refractivity contribution < 1.29 is 23.8 Å². The number of benzene rings is 1. The number of carboxylic acid groups (broad SMARTS) is 1. The summed E-state index contributed by atoms with van der Waals surface area (Å²) in [4.78, 5) is 26.7. The Labute approximate surface area is 139 Å². The van der Waals surface area contributed by atoms with E-state index >= 15 is 0 Å². The van der Waals surface area contributed by atoms with Crippen molar-refractivity contribution in [3.63, 3.8) is 0 Å². The number of furan rings is 1. The van der Waals surface area contributed by atoms with Crippen molar-refractivity contribution in [3.05, 3.63) is 36.1 Å². The van der Waals surface area contributed by atoms with E-state index in [4.69, 9.17) is 14.3 Å².